The first-order valence-corrected chi connectivity index (χ1v) is 9.77. The van der Waals surface area contributed by atoms with E-state index in [0.29, 0.717) is 11.3 Å². The Balaban J connectivity index is 1.61. The van der Waals surface area contributed by atoms with E-state index in [1.165, 1.54) is 0 Å². The van der Waals surface area contributed by atoms with Crippen LogP contribution in [0.1, 0.15) is 40.4 Å². The third-order valence-electron chi connectivity index (χ3n) is 5.26. The number of anilines is 2. The van der Waals surface area contributed by atoms with Crippen LogP contribution in [0.15, 0.2) is 78.9 Å². The number of hydrogen-bond acceptors (Lipinski definition) is 3. The fourth-order valence-electron chi connectivity index (χ4n) is 3.74. The standard InChI is InChI=1S/C24H25N3O/c25-21-17-20(24(28)27-15-7-8-16-27)13-14-22(21)26-23(18-9-3-1-4-10-18)19-11-5-2-6-12-19/h1-6,9-14,17,23,26H,7-8,15-16,25H2. The van der Waals surface area contributed by atoms with Crippen LogP contribution in [0.4, 0.5) is 11.4 Å². The van der Waals surface area contributed by atoms with Gasteiger partial charge in [0.05, 0.1) is 17.4 Å². The molecule has 0 aromatic heterocycles. The second-order valence-corrected chi connectivity index (χ2v) is 7.20. The van der Waals surface area contributed by atoms with Gasteiger partial charge < -0.3 is 16.0 Å². The lowest BCUT2D eigenvalue weighted by molar-refractivity contribution is 0.0793. The lowest BCUT2D eigenvalue weighted by Crippen LogP contribution is -2.27. The summed E-state index contributed by atoms with van der Waals surface area (Å²) in [5, 5.41) is 3.57. The SMILES string of the molecule is Nc1cc(C(=O)N2CCCC2)ccc1NC(c1ccccc1)c1ccccc1. The van der Waals surface area contributed by atoms with Gasteiger partial charge in [-0.2, -0.15) is 0 Å². The molecule has 1 fully saturated rings. The van der Waals surface area contributed by atoms with Crippen molar-refractivity contribution in [2.45, 2.75) is 18.9 Å². The van der Waals surface area contributed by atoms with Gasteiger partial charge in [0.25, 0.3) is 5.91 Å². The van der Waals surface area contributed by atoms with Gasteiger partial charge in [-0.25, -0.2) is 0 Å². The summed E-state index contributed by atoms with van der Waals surface area (Å²) < 4.78 is 0. The maximum absolute atomic E-state index is 12.6. The van der Waals surface area contributed by atoms with Crippen molar-refractivity contribution in [2.24, 2.45) is 0 Å². The zero-order valence-electron chi connectivity index (χ0n) is 15.8. The summed E-state index contributed by atoms with van der Waals surface area (Å²) in [6.07, 6.45) is 2.16. The van der Waals surface area contributed by atoms with Crippen molar-refractivity contribution in [1.29, 1.82) is 0 Å². The third-order valence-corrected chi connectivity index (χ3v) is 5.26. The van der Waals surface area contributed by atoms with Crippen molar-refractivity contribution in [3.63, 3.8) is 0 Å². The van der Waals surface area contributed by atoms with E-state index in [1.807, 2.05) is 53.4 Å². The first-order valence-electron chi connectivity index (χ1n) is 9.77. The summed E-state index contributed by atoms with van der Waals surface area (Å²) in [5.41, 5.74) is 10.7. The largest absolute Gasteiger partial charge is 0.397 e. The minimum absolute atomic E-state index is 0.0233. The average molecular weight is 371 g/mol. The first-order chi connectivity index (χ1) is 13.7. The molecule has 0 atom stereocenters. The summed E-state index contributed by atoms with van der Waals surface area (Å²) in [7, 11) is 0. The molecule has 1 heterocycles. The maximum atomic E-state index is 12.6. The van der Waals surface area contributed by atoms with Crippen LogP contribution in [0.3, 0.4) is 0 Å². The van der Waals surface area contributed by atoms with E-state index in [1.54, 1.807) is 6.07 Å². The lowest BCUT2D eigenvalue weighted by Gasteiger charge is -2.23. The second-order valence-electron chi connectivity index (χ2n) is 7.20. The highest BCUT2D eigenvalue weighted by atomic mass is 16.2. The number of hydrogen-bond donors (Lipinski definition) is 2. The van der Waals surface area contributed by atoms with Gasteiger partial charge in [-0.15, -0.1) is 0 Å². The molecule has 3 aromatic rings. The molecule has 142 valence electrons. The molecule has 4 rings (SSSR count). The van der Waals surface area contributed by atoms with Crippen LogP contribution in [0.25, 0.3) is 0 Å². The number of nitrogens with zero attached hydrogens (tertiary/aromatic N) is 1. The van der Waals surface area contributed by atoms with Crippen LogP contribution in [0.5, 0.6) is 0 Å². The number of carbonyl (C=O) groups is 1. The summed E-state index contributed by atoms with van der Waals surface area (Å²) in [6, 6.07) is 26.1. The van der Waals surface area contributed by atoms with E-state index < -0.39 is 0 Å². The number of carbonyl (C=O) groups excluding carboxylic acids is 1. The van der Waals surface area contributed by atoms with E-state index in [2.05, 4.69) is 29.6 Å². The Bertz CT molecular complexity index is 895. The van der Waals surface area contributed by atoms with E-state index >= 15 is 0 Å². The smallest absolute Gasteiger partial charge is 0.253 e. The second kappa shape index (κ2) is 8.17. The van der Waals surface area contributed by atoms with E-state index in [9.17, 15) is 4.79 Å². The quantitative estimate of drug-likeness (QED) is 0.639. The number of nitrogen functional groups attached to an aromatic ring is 1. The van der Waals surface area contributed by atoms with Gasteiger partial charge in [-0.1, -0.05) is 60.7 Å². The Morgan fingerprint density at radius 1 is 0.857 bits per heavy atom. The summed E-state index contributed by atoms with van der Waals surface area (Å²) in [4.78, 5) is 14.5. The van der Waals surface area contributed by atoms with Gasteiger partial charge in [-0.3, -0.25) is 4.79 Å². The molecular formula is C24H25N3O. The molecule has 0 unspecified atom stereocenters. The maximum Gasteiger partial charge on any atom is 0.253 e. The van der Waals surface area contributed by atoms with E-state index in [-0.39, 0.29) is 11.9 Å². The predicted molar refractivity (Wildman–Crippen MR) is 114 cm³/mol. The monoisotopic (exact) mass is 371 g/mol. The van der Waals surface area contributed by atoms with Crippen molar-refractivity contribution < 1.29 is 4.79 Å². The van der Waals surface area contributed by atoms with Gasteiger partial charge in [0.1, 0.15) is 0 Å². The number of benzene rings is 3. The highest BCUT2D eigenvalue weighted by Crippen LogP contribution is 2.30. The summed E-state index contributed by atoms with van der Waals surface area (Å²) in [5.74, 6) is 0.0680. The van der Waals surface area contributed by atoms with Crippen molar-refractivity contribution in [3.05, 3.63) is 95.6 Å². The lowest BCUT2D eigenvalue weighted by atomic mass is 9.98. The number of rotatable bonds is 5. The van der Waals surface area contributed by atoms with Crippen molar-refractivity contribution in [1.82, 2.24) is 4.90 Å². The zero-order chi connectivity index (χ0) is 19.3. The van der Waals surface area contributed by atoms with Gasteiger partial charge >= 0.3 is 0 Å². The van der Waals surface area contributed by atoms with E-state index in [0.717, 1.165) is 42.7 Å². The van der Waals surface area contributed by atoms with Crippen molar-refractivity contribution >= 4 is 17.3 Å². The van der Waals surface area contributed by atoms with Gasteiger partial charge in [0.2, 0.25) is 0 Å². The molecule has 3 aromatic carbocycles. The molecule has 4 nitrogen and oxygen atoms in total. The molecule has 4 heteroatoms. The Morgan fingerprint density at radius 2 is 1.43 bits per heavy atom. The Hall–Kier alpha value is -3.27. The van der Waals surface area contributed by atoms with Crippen LogP contribution in [0, 0.1) is 0 Å². The van der Waals surface area contributed by atoms with Crippen LogP contribution >= 0.6 is 0 Å². The third kappa shape index (κ3) is 3.86. The molecule has 1 aliphatic rings. The van der Waals surface area contributed by atoms with Gasteiger partial charge in [0, 0.05) is 18.7 Å². The Morgan fingerprint density at radius 3 is 1.96 bits per heavy atom. The molecule has 0 bridgehead atoms. The molecule has 1 amide bonds. The molecule has 1 saturated heterocycles. The van der Waals surface area contributed by atoms with Crippen molar-refractivity contribution in [3.8, 4) is 0 Å². The first kappa shape index (κ1) is 18.1. The van der Waals surface area contributed by atoms with Gasteiger partial charge in [0.15, 0.2) is 0 Å². The van der Waals surface area contributed by atoms with Gasteiger partial charge in [-0.05, 0) is 42.2 Å². The van der Waals surface area contributed by atoms with Crippen LogP contribution in [0.2, 0.25) is 0 Å². The minimum atomic E-state index is -0.0233. The fraction of sp³-hybridized carbons (Fsp3) is 0.208. The molecule has 28 heavy (non-hydrogen) atoms. The number of nitrogens with one attached hydrogen (secondary N) is 1. The molecule has 0 spiro atoms. The molecule has 0 saturated carbocycles. The molecular weight excluding hydrogens is 346 g/mol. The fourth-order valence-corrected chi connectivity index (χ4v) is 3.74. The normalized spacial score (nSPS) is 13.7. The van der Waals surface area contributed by atoms with E-state index in [4.69, 9.17) is 5.73 Å². The molecule has 3 N–H and O–H groups in total. The van der Waals surface area contributed by atoms with Crippen LogP contribution < -0.4 is 11.1 Å². The number of likely N-dealkylation sites (tertiary alicyclic amines) is 1. The summed E-state index contributed by atoms with van der Waals surface area (Å²) >= 11 is 0. The topological polar surface area (TPSA) is 58.4 Å². The van der Waals surface area contributed by atoms with Crippen LogP contribution in [-0.4, -0.2) is 23.9 Å². The zero-order valence-corrected chi connectivity index (χ0v) is 15.8. The molecule has 1 aliphatic heterocycles. The highest BCUT2D eigenvalue weighted by Gasteiger charge is 2.21. The average Bonchev–Trinajstić information content (AvgIpc) is 3.28. The molecule has 0 radical (unpaired) electrons. The molecule has 0 aliphatic carbocycles. The Kier molecular flexibility index (Phi) is 5.29. The Labute approximate surface area is 166 Å². The summed E-state index contributed by atoms with van der Waals surface area (Å²) in [6.45, 7) is 1.67. The number of amides is 1. The van der Waals surface area contributed by atoms with Crippen molar-refractivity contribution in [2.75, 3.05) is 24.1 Å². The number of nitrogens with two attached hydrogens (primary N) is 1. The minimum Gasteiger partial charge on any atom is -0.397 e. The predicted octanol–water partition coefficient (Wildman–Crippen LogP) is 4.71. The van der Waals surface area contributed by atoms with Crippen LogP contribution in [-0.2, 0) is 0 Å². The highest BCUT2D eigenvalue weighted by molar-refractivity contribution is 5.96.